The number of morpholine rings is 1. The fourth-order valence-electron chi connectivity index (χ4n) is 4.60. The van der Waals surface area contributed by atoms with Crippen molar-refractivity contribution in [3.8, 4) is 5.75 Å². The van der Waals surface area contributed by atoms with Crippen LogP contribution in [0.25, 0.3) is 11.0 Å². The second-order valence-electron chi connectivity index (χ2n) is 9.48. The number of carboxylic acid groups (broad SMARTS) is 1. The molecule has 40 heavy (non-hydrogen) atoms. The van der Waals surface area contributed by atoms with E-state index in [0.717, 1.165) is 36.3 Å². The van der Waals surface area contributed by atoms with E-state index in [-0.39, 0.29) is 11.9 Å². The zero-order chi connectivity index (χ0) is 29.0. The predicted molar refractivity (Wildman–Crippen MR) is 137 cm³/mol. The molecule has 1 atom stereocenters. The van der Waals surface area contributed by atoms with Crippen LogP contribution < -0.4 is 10.1 Å². The number of ether oxygens (including phenoxy) is 2. The third-order valence-electron chi connectivity index (χ3n) is 6.61. The van der Waals surface area contributed by atoms with Crippen molar-refractivity contribution in [3.05, 3.63) is 35.7 Å². The Balaban J connectivity index is 0.000000470. The van der Waals surface area contributed by atoms with Crippen LogP contribution in [0.5, 0.6) is 5.75 Å². The maximum absolute atomic E-state index is 12.0. The molecule has 0 aliphatic carbocycles. The zero-order valence-electron chi connectivity index (χ0n) is 22.2. The summed E-state index contributed by atoms with van der Waals surface area (Å²) in [5.41, 5.74) is 4.13. The molecule has 5 rings (SSSR count). The molecule has 15 heteroatoms. The van der Waals surface area contributed by atoms with E-state index in [1.165, 1.54) is 11.1 Å². The lowest BCUT2D eigenvalue weighted by molar-refractivity contribution is -0.192. The normalized spacial score (nSPS) is 17.6. The second kappa shape index (κ2) is 12.0. The summed E-state index contributed by atoms with van der Waals surface area (Å²) >= 11 is 0. The van der Waals surface area contributed by atoms with Gasteiger partial charge in [0.15, 0.2) is 5.65 Å². The summed E-state index contributed by atoms with van der Waals surface area (Å²) in [6.45, 7) is 5.68. The Morgan fingerprint density at radius 3 is 2.65 bits per heavy atom. The Morgan fingerprint density at radius 1 is 1.23 bits per heavy atom. The minimum absolute atomic E-state index is 0.0434. The molecule has 0 radical (unpaired) electrons. The van der Waals surface area contributed by atoms with Gasteiger partial charge in [-0.25, -0.2) is 14.5 Å². The molecule has 4 heterocycles. The van der Waals surface area contributed by atoms with Crippen molar-refractivity contribution < 1.29 is 37.3 Å². The van der Waals surface area contributed by atoms with E-state index in [2.05, 4.69) is 39.5 Å². The molecule has 1 saturated heterocycles. The van der Waals surface area contributed by atoms with Gasteiger partial charge in [0.05, 0.1) is 50.2 Å². The highest BCUT2D eigenvalue weighted by Crippen LogP contribution is 2.33. The number of hydrogen-bond donors (Lipinski definition) is 2. The predicted octanol–water partition coefficient (Wildman–Crippen LogP) is 2.45. The molecule has 2 aliphatic rings. The van der Waals surface area contributed by atoms with E-state index >= 15 is 0 Å². The Bertz CT molecular complexity index is 1380. The molecular weight excluding hydrogens is 535 g/mol. The molecule has 0 unspecified atom stereocenters. The average Bonchev–Trinajstić information content (AvgIpc) is 3.30. The SMILES string of the molecule is COc1cc2c(cc1Nc1ncc3cnn(C[C@@H]4COCCN4C(C)=O)c3n1)CN(C)CC2.O=C(O)C(F)(F)F. The van der Waals surface area contributed by atoms with Gasteiger partial charge >= 0.3 is 12.1 Å². The molecule has 1 amide bonds. The number of aliphatic carboxylic acids is 1. The number of halogens is 3. The number of nitrogens with one attached hydrogen (secondary N) is 1. The molecule has 0 spiro atoms. The van der Waals surface area contributed by atoms with Gasteiger partial charge in [-0.05, 0) is 36.7 Å². The van der Waals surface area contributed by atoms with Crippen LogP contribution >= 0.6 is 0 Å². The third-order valence-corrected chi connectivity index (χ3v) is 6.61. The number of likely N-dealkylation sites (N-methyl/N-ethyl adjacent to an activating group) is 1. The van der Waals surface area contributed by atoms with Crippen molar-refractivity contribution in [1.82, 2.24) is 29.5 Å². The number of nitrogens with zero attached hydrogens (tertiary/aromatic N) is 6. The molecule has 2 aliphatic heterocycles. The van der Waals surface area contributed by atoms with Crippen LogP contribution in [0.4, 0.5) is 24.8 Å². The number of alkyl halides is 3. The first-order valence-electron chi connectivity index (χ1n) is 12.4. The van der Waals surface area contributed by atoms with Crippen LogP contribution in [0.15, 0.2) is 24.5 Å². The van der Waals surface area contributed by atoms with Crippen molar-refractivity contribution in [3.63, 3.8) is 0 Å². The summed E-state index contributed by atoms with van der Waals surface area (Å²) in [5.74, 6) is -1.48. The van der Waals surface area contributed by atoms with Crippen LogP contribution in [0, 0.1) is 0 Å². The number of carboxylic acids is 1. The minimum atomic E-state index is -5.08. The Labute approximate surface area is 227 Å². The van der Waals surface area contributed by atoms with E-state index in [9.17, 15) is 18.0 Å². The largest absolute Gasteiger partial charge is 0.495 e. The first-order chi connectivity index (χ1) is 19.0. The van der Waals surface area contributed by atoms with Crippen molar-refractivity contribution in [1.29, 1.82) is 0 Å². The molecule has 2 aromatic heterocycles. The van der Waals surface area contributed by atoms with Crippen molar-refractivity contribution in [2.45, 2.75) is 38.7 Å². The van der Waals surface area contributed by atoms with Gasteiger partial charge in [-0.1, -0.05) is 0 Å². The number of aromatic nitrogens is 4. The van der Waals surface area contributed by atoms with E-state index in [4.69, 9.17) is 24.4 Å². The smallest absolute Gasteiger partial charge is 0.490 e. The highest BCUT2D eigenvalue weighted by atomic mass is 19.4. The van der Waals surface area contributed by atoms with Crippen molar-refractivity contribution in [2.24, 2.45) is 0 Å². The number of carbonyl (C=O) groups excluding carboxylic acids is 1. The number of amides is 1. The highest BCUT2D eigenvalue weighted by Gasteiger charge is 2.38. The lowest BCUT2D eigenvalue weighted by Crippen LogP contribution is -2.49. The maximum Gasteiger partial charge on any atom is 0.490 e. The summed E-state index contributed by atoms with van der Waals surface area (Å²) in [6, 6.07) is 4.15. The van der Waals surface area contributed by atoms with E-state index in [1.54, 1.807) is 26.4 Å². The molecule has 12 nitrogen and oxygen atoms in total. The Morgan fingerprint density at radius 2 is 1.98 bits per heavy atom. The topological polar surface area (TPSA) is 135 Å². The van der Waals surface area contributed by atoms with Gasteiger partial charge in [0.1, 0.15) is 5.75 Å². The summed E-state index contributed by atoms with van der Waals surface area (Å²) in [6.07, 6.45) is -0.574. The first-order valence-corrected chi connectivity index (χ1v) is 12.4. The molecular formula is C25H30F3N7O5. The average molecular weight is 566 g/mol. The standard InChI is InChI=1S/C23H29N7O3.C2HF3O2/c1-15(31)29-6-7-33-14-19(29)13-30-22-18(11-25-30)10-24-23(27-22)26-20-8-17-12-28(2)5-4-16(17)9-21(20)32-3;3-2(4,5)1(6)7/h8-11,19H,4-7,12-14H2,1-3H3,(H,24,26,27);(H,6,7)/t19-;/m1./s1. The van der Waals surface area contributed by atoms with Crippen LogP contribution in [0.2, 0.25) is 0 Å². The summed E-state index contributed by atoms with van der Waals surface area (Å²) in [7, 11) is 3.80. The molecule has 0 bridgehead atoms. The van der Waals surface area contributed by atoms with Crippen LogP contribution in [0.3, 0.4) is 0 Å². The number of rotatable bonds is 5. The monoisotopic (exact) mass is 565 g/mol. The third kappa shape index (κ3) is 6.77. The first kappa shape index (κ1) is 29.0. The van der Waals surface area contributed by atoms with E-state index in [1.807, 2.05) is 9.58 Å². The van der Waals surface area contributed by atoms with Gasteiger partial charge in [0, 0.05) is 32.8 Å². The Hall–Kier alpha value is -3.98. The van der Waals surface area contributed by atoms with Gasteiger partial charge in [0.25, 0.3) is 0 Å². The fraction of sp³-hybridized carbons (Fsp3) is 0.480. The summed E-state index contributed by atoms with van der Waals surface area (Å²) in [5, 5.41) is 15.8. The molecule has 0 saturated carbocycles. The van der Waals surface area contributed by atoms with Gasteiger partial charge in [-0.2, -0.15) is 23.3 Å². The number of carbonyl (C=O) groups is 2. The van der Waals surface area contributed by atoms with Crippen LogP contribution in [-0.2, 0) is 33.8 Å². The zero-order valence-corrected chi connectivity index (χ0v) is 22.2. The lowest BCUT2D eigenvalue weighted by atomic mass is 9.99. The van der Waals surface area contributed by atoms with Crippen molar-refractivity contribution in [2.75, 3.05) is 45.8 Å². The highest BCUT2D eigenvalue weighted by molar-refractivity contribution is 5.76. The maximum atomic E-state index is 12.0. The van der Waals surface area contributed by atoms with Gasteiger partial charge in [-0.3, -0.25) is 4.79 Å². The number of benzene rings is 1. The van der Waals surface area contributed by atoms with Gasteiger partial charge in [0.2, 0.25) is 11.9 Å². The molecule has 1 fully saturated rings. The number of fused-ring (bicyclic) bond motifs is 2. The molecule has 1 aromatic carbocycles. The summed E-state index contributed by atoms with van der Waals surface area (Å²) in [4.78, 5) is 34.3. The minimum Gasteiger partial charge on any atom is -0.495 e. The number of anilines is 2. The molecule has 3 aromatic rings. The second-order valence-corrected chi connectivity index (χ2v) is 9.48. The molecule has 216 valence electrons. The number of methoxy groups -OCH3 is 1. The van der Waals surface area contributed by atoms with Gasteiger partial charge < -0.3 is 29.7 Å². The Kier molecular flexibility index (Phi) is 8.73. The van der Waals surface area contributed by atoms with E-state index in [0.29, 0.717) is 37.9 Å². The van der Waals surface area contributed by atoms with Gasteiger partial charge in [-0.15, -0.1) is 0 Å². The van der Waals surface area contributed by atoms with E-state index < -0.39 is 12.1 Å². The van der Waals surface area contributed by atoms with Crippen LogP contribution in [0.1, 0.15) is 18.1 Å². The van der Waals surface area contributed by atoms with Crippen molar-refractivity contribution >= 4 is 34.5 Å². The molecule has 2 N–H and O–H groups in total. The lowest BCUT2D eigenvalue weighted by Gasteiger charge is -2.34. The van der Waals surface area contributed by atoms with Crippen LogP contribution in [-0.4, -0.2) is 99.2 Å². The summed E-state index contributed by atoms with van der Waals surface area (Å²) < 4.78 is 44.8. The number of hydrogen-bond acceptors (Lipinski definition) is 9. The fourth-order valence-corrected chi connectivity index (χ4v) is 4.60. The quantitative estimate of drug-likeness (QED) is 0.475.